The third kappa shape index (κ3) is 2.87. The third-order valence-electron chi connectivity index (χ3n) is 2.51. The topological polar surface area (TPSA) is 20.3 Å². The second-order valence-electron chi connectivity index (χ2n) is 3.84. The van der Waals surface area contributed by atoms with Crippen molar-refractivity contribution in [3.63, 3.8) is 0 Å². The molecule has 1 heterocycles. The zero-order chi connectivity index (χ0) is 12.4. The number of amides is 1. The molecule has 0 saturated carbocycles. The van der Waals surface area contributed by atoms with Crippen molar-refractivity contribution in [1.82, 2.24) is 0 Å². The first-order chi connectivity index (χ1) is 8.08. The highest BCUT2D eigenvalue weighted by Gasteiger charge is 2.14. The molecule has 0 fully saturated rings. The zero-order valence-corrected chi connectivity index (χ0v) is 12.6. The zero-order valence-electron chi connectivity index (χ0n) is 9.61. The Morgan fingerprint density at radius 2 is 2.12 bits per heavy atom. The first kappa shape index (κ1) is 12.6. The summed E-state index contributed by atoms with van der Waals surface area (Å²) >= 11 is 3.81. The first-order valence-corrected chi connectivity index (χ1v) is 7.12. The lowest BCUT2D eigenvalue weighted by atomic mass is 10.2. The van der Waals surface area contributed by atoms with E-state index in [4.69, 9.17) is 0 Å². The Morgan fingerprint density at radius 1 is 1.35 bits per heavy atom. The predicted octanol–water partition coefficient (Wildman–Crippen LogP) is 3.94. The number of carbonyl (C=O) groups is 1. The summed E-state index contributed by atoms with van der Waals surface area (Å²) in [4.78, 5) is 13.9. The molecule has 0 bridgehead atoms. The minimum Gasteiger partial charge on any atom is -0.311 e. The van der Waals surface area contributed by atoms with E-state index in [-0.39, 0.29) is 5.91 Å². The number of rotatable bonds is 2. The van der Waals surface area contributed by atoms with Gasteiger partial charge in [-0.2, -0.15) is 0 Å². The Bertz CT molecular complexity index is 550. The van der Waals surface area contributed by atoms with Crippen molar-refractivity contribution in [3.8, 4) is 0 Å². The van der Waals surface area contributed by atoms with Crippen LogP contribution in [0.1, 0.15) is 15.9 Å². The molecule has 0 aliphatic carbocycles. The highest BCUT2D eigenvalue weighted by molar-refractivity contribution is 14.1. The van der Waals surface area contributed by atoms with Crippen LogP contribution in [0.3, 0.4) is 0 Å². The van der Waals surface area contributed by atoms with E-state index in [1.54, 1.807) is 16.2 Å². The molecule has 2 nitrogen and oxygen atoms in total. The maximum atomic E-state index is 12.2. The predicted molar refractivity (Wildman–Crippen MR) is 80.9 cm³/mol. The molecule has 2 rings (SSSR count). The van der Waals surface area contributed by atoms with Crippen molar-refractivity contribution in [3.05, 3.63) is 49.7 Å². The van der Waals surface area contributed by atoms with Crippen LogP contribution in [-0.2, 0) is 0 Å². The van der Waals surface area contributed by atoms with Gasteiger partial charge in [-0.15, -0.1) is 11.3 Å². The lowest BCUT2D eigenvalue weighted by Crippen LogP contribution is -2.25. The monoisotopic (exact) mass is 357 g/mol. The van der Waals surface area contributed by atoms with Gasteiger partial charge in [0.05, 0.1) is 8.45 Å². The van der Waals surface area contributed by atoms with Gasteiger partial charge in [-0.05, 0) is 53.3 Å². The Labute approximate surface area is 118 Å². The molecule has 88 valence electrons. The van der Waals surface area contributed by atoms with Crippen LogP contribution in [0.15, 0.2) is 35.7 Å². The molecule has 1 aromatic carbocycles. The molecule has 0 radical (unpaired) electrons. The Balaban J connectivity index is 2.26. The van der Waals surface area contributed by atoms with Gasteiger partial charge in [0.25, 0.3) is 5.91 Å². The van der Waals surface area contributed by atoms with Gasteiger partial charge in [0, 0.05) is 18.1 Å². The van der Waals surface area contributed by atoms with Crippen molar-refractivity contribution >= 4 is 45.5 Å². The fraction of sp³-hybridized carbons (Fsp3) is 0.154. The second-order valence-corrected chi connectivity index (χ2v) is 6.65. The third-order valence-corrected chi connectivity index (χ3v) is 4.30. The van der Waals surface area contributed by atoms with Gasteiger partial charge in [0.1, 0.15) is 0 Å². The van der Waals surface area contributed by atoms with Crippen LogP contribution in [0.4, 0.5) is 5.69 Å². The van der Waals surface area contributed by atoms with Gasteiger partial charge in [-0.1, -0.05) is 12.1 Å². The smallest absolute Gasteiger partial charge is 0.258 e. The van der Waals surface area contributed by atoms with Crippen molar-refractivity contribution in [1.29, 1.82) is 0 Å². The van der Waals surface area contributed by atoms with E-state index in [1.165, 1.54) is 0 Å². The molecular weight excluding hydrogens is 345 g/mol. The molecule has 0 atom stereocenters. The van der Waals surface area contributed by atoms with Gasteiger partial charge >= 0.3 is 0 Å². The second kappa shape index (κ2) is 5.18. The molecule has 2 aromatic rings. The van der Waals surface area contributed by atoms with Crippen LogP contribution in [0.25, 0.3) is 0 Å². The highest BCUT2D eigenvalue weighted by atomic mass is 127. The lowest BCUT2D eigenvalue weighted by molar-refractivity contribution is 0.0993. The van der Waals surface area contributed by atoms with Crippen LogP contribution in [-0.4, -0.2) is 13.0 Å². The highest BCUT2D eigenvalue weighted by Crippen LogP contribution is 2.21. The van der Waals surface area contributed by atoms with E-state index in [0.29, 0.717) is 0 Å². The summed E-state index contributed by atoms with van der Waals surface area (Å²) in [6.07, 6.45) is 0. The summed E-state index contributed by atoms with van der Waals surface area (Å²) < 4.78 is 1.13. The molecule has 0 unspecified atom stereocenters. The number of aryl methyl sites for hydroxylation is 1. The summed E-state index contributed by atoms with van der Waals surface area (Å²) in [6.45, 7) is 2.02. The lowest BCUT2D eigenvalue weighted by Gasteiger charge is -2.17. The summed E-state index contributed by atoms with van der Waals surface area (Å²) in [7, 11) is 1.81. The number of carbonyl (C=O) groups excluding carboxylic acids is 1. The molecule has 0 aliphatic heterocycles. The molecule has 0 saturated heterocycles. The maximum Gasteiger partial charge on any atom is 0.258 e. The molecule has 0 spiro atoms. The minimum atomic E-state index is 0.0368. The van der Waals surface area contributed by atoms with Crippen LogP contribution < -0.4 is 4.90 Å². The molecule has 4 heteroatoms. The van der Waals surface area contributed by atoms with E-state index in [0.717, 1.165) is 19.7 Å². The number of hydrogen-bond donors (Lipinski definition) is 0. The largest absolute Gasteiger partial charge is 0.311 e. The molecule has 0 N–H and O–H groups in total. The van der Waals surface area contributed by atoms with Crippen molar-refractivity contribution in [2.45, 2.75) is 6.92 Å². The van der Waals surface area contributed by atoms with Crippen LogP contribution in [0.5, 0.6) is 0 Å². The van der Waals surface area contributed by atoms with Crippen LogP contribution >= 0.6 is 33.9 Å². The summed E-state index contributed by atoms with van der Waals surface area (Å²) in [5.74, 6) is 0.0368. The molecule has 17 heavy (non-hydrogen) atoms. The molecule has 1 amide bonds. The number of hydrogen-bond acceptors (Lipinski definition) is 2. The Morgan fingerprint density at radius 3 is 2.71 bits per heavy atom. The summed E-state index contributed by atoms with van der Waals surface area (Å²) in [5, 5.41) is 1.90. The Hall–Kier alpha value is -0.880. The maximum absolute atomic E-state index is 12.2. The van der Waals surface area contributed by atoms with E-state index < -0.39 is 0 Å². The van der Waals surface area contributed by atoms with E-state index in [9.17, 15) is 4.79 Å². The van der Waals surface area contributed by atoms with Crippen LogP contribution in [0.2, 0.25) is 0 Å². The summed E-state index contributed by atoms with van der Waals surface area (Å²) in [5.41, 5.74) is 2.83. The average Bonchev–Trinajstić information content (AvgIpc) is 2.74. The van der Waals surface area contributed by atoms with Crippen LogP contribution in [0, 0.1) is 9.81 Å². The number of anilines is 1. The van der Waals surface area contributed by atoms with Gasteiger partial charge < -0.3 is 4.90 Å². The van der Waals surface area contributed by atoms with E-state index in [1.807, 2.05) is 49.7 Å². The molecule has 0 aliphatic rings. The van der Waals surface area contributed by atoms with Gasteiger partial charge in [0.15, 0.2) is 0 Å². The summed E-state index contributed by atoms with van der Waals surface area (Å²) in [6, 6.07) is 9.86. The fourth-order valence-corrected chi connectivity index (χ4v) is 2.89. The number of thiophene rings is 1. The van der Waals surface area contributed by atoms with Crippen molar-refractivity contribution in [2.24, 2.45) is 0 Å². The Kier molecular flexibility index (Phi) is 3.83. The molecular formula is C13H12INOS. The SMILES string of the molecule is Cc1cccc(N(C)C(=O)c2csc(I)c2)c1. The average molecular weight is 357 g/mol. The minimum absolute atomic E-state index is 0.0368. The first-order valence-electron chi connectivity index (χ1n) is 5.16. The number of nitrogens with zero attached hydrogens (tertiary/aromatic N) is 1. The number of halogens is 1. The van der Waals surface area contributed by atoms with E-state index >= 15 is 0 Å². The normalized spacial score (nSPS) is 10.3. The van der Waals surface area contributed by atoms with Gasteiger partial charge in [-0.3, -0.25) is 4.79 Å². The quantitative estimate of drug-likeness (QED) is 0.746. The fourth-order valence-electron chi connectivity index (χ4n) is 1.57. The van der Waals surface area contributed by atoms with Gasteiger partial charge in [-0.25, -0.2) is 0 Å². The van der Waals surface area contributed by atoms with Crippen molar-refractivity contribution < 1.29 is 4.79 Å². The van der Waals surface area contributed by atoms with E-state index in [2.05, 4.69) is 22.6 Å². The standard InChI is InChI=1S/C13H12INOS/c1-9-4-3-5-11(6-9)15(2)13(16)10-7-12(14)17-8-10/h3-8H,1-2H3. The van der Waals surface area contributed by atoms with Gasteiger partial charge in [0.2, 0.25) is 0 Å². The van der Waals surface area contributed by atoms with Crippen molar-refractivity contribution in [2.75, 3.05) is 11.9 Å². The molecule has 1 aromatic heterocycles. The number of benzene rings is 1.